The van der Waals surface area contributed by atoms with Crippen molar-refractivity contribution in [1.82, 2.24) is 9.97 Å². The summed E-state index contributed by atoms with van der Waals surface area (Å²) in [6.45, 7) is 0.372. The number of rotatable bonds is 4. The second-order valence-electron chi connectivity index (χ2n) is 3.33. The molecular formula is C10H12N4O2S. The lowest BCUT2D eigenvalue weighted by Gasteiger charge is -2.10. The molecule has 0 fully saturated rings. The first-order valence-corrected chi connectivity index (χ1v) is 5.84. The third-order valence-corrected chi connectivity index (χ3v) is 3.19. The fourth-order valence-electron chi connectivity index (χ4n) is 1.34. The van der Waals surface area contributed by atoms with Gasteiger partial charge in [-0.25, -0.2) is 4.98 Å². The van der Waals surface area contributed by atoms with Gasteiger partial charge < -0.3 is 20.9 Å². The Bertz CT molecular complexity index is 537. The summed E-state index contributed by atoms with van der Waals surface area (Å²) in [5, 5.41) is 0.330. The molecule has 0 aliphatic heterocycles. The Morgan fingerprint density at radius 3 is 3.00 bits per heavy atom. The molecule has 0 amide bonds. The van der Waals surface area contributed by atoms with E-state index in [4.69, 9.17) is 15.9 Å². The van der Waals surface area contributed by atoms with Gasteiger partial charge in [-0.3, -0.25) is 4.79 Å². The van der Waals surface area contributed by atoms with Crippen LogP contribution in [0.4, 0.5) is 5.82 Å². The maximum atomic E-state index is 11.2. The Morgan fingerprint density at radius 2 is 2.41 bits per heavy atom. The Morgan fingerprint density at radius 1 is 1.59 bits per heavy atom. The molecule has 90 valence electrons. The van der Waals surface area contributed by atoms with Crippen molar-refractivity contribution in [3.63, 3.8) is 0 Å². The minimum absolute atomic E-state index is 0.102. The van der Waals surface area contributed by atoms with E-state index in [-0.39, 0.29) is 16.6 Å². The van der Waals surface area contributed by atoms with Crippen molar-refractivity contribution in [1.29, 1.82) is 0 Å². The predicted molar refractivity (Wildman–Crippen MR) is 65.6 cm³/mol. The van der Waals surface area contributed by atoms with Crippen molar-refractivity contribution < 1.29 is 4.42 Å². The van der Waals surface area contributed by atoms with Gasteiger partial charge >= 0.3 is 0 Å². The molecule has 2 rings (SSSR count). The van der Waals surface area contributed by atoms with E-state index in [2.05, 4.69) is 9.97 Å². The van der Waals surface area contributed by atoms with Gasteiger partial charge in [-0.15, -0.1) is 0 Å². The molecule has 0 radical (unpaired) electrons. The summed E-state index contributed by atoms with van der Waals surface area (Å²) in [6.07, 6.45) is 1.58. The summed E-state index contributed by atoms with van der Waals surface area (Å²) in [4.78, 5) is 17.8. The highest BCUT2D eigenvalue weighted by molar-refractivity contribution is 7.99. The largest absolute Gasteiger partial charge is 0.468 e. The van der Waals surface area contributed by atoms with Crippen LogP contribution in [-0.4, -0.2) is 16.5 Å². The minimum Gasteiger partial charge on any atom is -0.468 e. The lowest BCUT2D eigenvalue weighted by Crippen LogP contribution is -2.13. The molecule has 0 bridgehead atoms. The predicted octanol–water partition coefficient (Wildman–Crippen LogP) is 0.737. The van der Waals surface area contributed by atoms with Gasteiger partial charge in [-0.2, -0.15) is 0 Å². The molecule has 0 spiro atoms. The van der Waals surface area contributed by atoms with Crippen LogP contribution in [0.25, 0.3) is 0 Å². The summed E-state index contributed by atoms with van der Waals surface area (Å²) in [5.74, 6) is 0.925. The van der Waals surface area contributed by atoms with Crippen LogP contribution in [0, 0.1) is 0 Å². The molecule has 2 aromatic rings. The number of hydrogen-bond donors (Lipinski definition) is 3. The van der Waals surface area contributed by atoms with E-state index in [1.54, 1.807) is 12.3 Å². The maximum absolute atomic E-state index is 11.2. The van der Waals surface area contributed by atoms with Crippen LogP contribution in [0.2, 0.25) is 0 Å². The quantitative estimate of drug-likeness (QED) is 0.546. The van der Waals surface area contributed by atoms with E-state index < -0.39 is 0 Å². The Hall–Kier alpha value is -1.73. The molecule has 0 aliphatic carbocycles. The average molecular weight is 252 g/mol. The van der Waals surface area contributed by atoms with Gasteiger partial charge in [0.15, 0.2) is 5.16 Å². The van der Waals surface area contributed by atoms with Crippen molar-refractivity contribution in [2.45, 2.75) is 10.4 Å². The molecule has 1 atom stereocenters. The zero-order chi connectivity index (χ0) is 12.3. The van der Waals surface area contributed by atoms with Crippen LogP contribution in [0.5, 0.6) is 0 Å². The summed E-state index contributed by atoms with van der Waals surface area (Å²) in [6, 6.07) is 4.84. The van der Waals surface area contributed by atoms with Crippen molar-refractivity contribution in [2.24, 2.45) is 5.73 Å². The number of aromatic amines is 1. The van der Waals surface area contributed by atoms with E-state index in [0.29, 0.717) is 11.7 Å². The first kappa shape index (κ1) is 11.7. The van der Waals surface area contributed by atoms with Crippen molar-refractivity contribution in [3.05, 3.63) is 40.6 Å². The molecule has 0 saturated carbocycles. The summed E-state index contributed by atoms with van der Waals surface area (Å²) in [7, 11) is 0. The molecule has 6 nitrogen and oxygen atoms in total. The topological polar surface area (TPSA) is 111 Å². The number of nitrogen functional groups attached to an aromatic ring is 1. The summed E-state index contributed by atoms with van der Waals surface area (Å²) < 4.78 is 5.27. The third-order valence-electron chi connectivity index (χ3n) is 2.07. The number of nitrogens with zero attached hydrogens (tertiary/aromatic N) is 1. The Labute approximate surface area is 101 Å². The van der Waals surface area contributed by atoms with Crippen LogP contribution in [0.15, 0.2) is 38.8 Å². The number of anilines is 1. The van der Waals surface area contributed by atoms with Crippen LogP contribution in [0.3, 0.4) is 0 Å². The molecule has 2 heterocycles. The molecule has 2 aromatic heterocycles. The molecule has 1 unspecified atom stereocenters. The highest BCUT2D eigenvalue weighted by Gasteiger charge is 2.15. The second kappa shape index (κ2) is 5.07. The molecule has 0 aromatic carbocycles. The van der Waals surface area contributed by atoms with Gasteiger partial charge in [-0.1, -0.05) is 11.8 Å². The van der Waals surface area contributed by atoms with Gasteiger partial charge in [0.25, 0.3) is 5.56 Å². The van der Waals surface area contributed by atoms with Crippen molar-refractivity contribution >= 4 is 17.6 Å². The molecule has 0 saturated heterocycles. The van der Waals surface area contributed by atoms with Crippen LogP contribution >= 0.6 is 11.8 Å². The Kier molecular flexibility index (Phi) is 3.50. The van der Waals surface area contributed by atoms with Gasteiger partial charge in [-0.05, 0) is 12.1 Å². The fourth-order valence-corrected chi connectivity index (χ4v) is 2.27. The highest BCUT2D eigenvalue weighted by atomic mass is 32.2. The van der Waals surface area contributed by atoms with E-state index in [1.807, 2.05) is 6.07 Å². The van der Waals surface area contributed by atoms with Crippen molar-refractivity contribution in [3.8, 4) is 0 Å². The zero-order valence-corrected chi connectivity index (χ0v) is 9.74. The zero-order valence-electron chi connectivity index (χ0n) is 8.92. The number of nitrogens with two attached hydrogens (primary N) is 2. The van der Waals surface area contributed by atoms with Gasteiger partial charge in [0.05, 0.1) is 11.5 Å². The van der Waals surface area contributed by atoms with Crippen molar-refractivity contribution in [2.75, 3.05) is 12.3 Å². The van der Waals surface area contributed by atoms with Gasteiger partial charge in [0.1, 0.15) is 11.6 Å². The fraction of sp³-hybridized carbons (Fsp3) is 0.200. The second-order valence-corrected chi connectivity index (χ2v) is 4.52. The van der Waals surface area contributed by atoms with E-state index in [1.165, 1.54) is 17.8 Å². The molecule has 0 aliphatic rings. The number of hydrogen-bond acceptors (Lipinski definition) is 6. The lowest BCUT2D eigenvalue weighted by molar-refractivity contribution is 0.507. The normalized spacial score (nSPS) is 12.5. The minimum atomic E-state index is -0.282. The van der Waals surface area contributed by atoms with Crippen LogP contribution in [-0.2, 0) is 0 Å². The highest BCUT2D eigenvalue weighted by Crippen LogP contribution is 2.32. The standard InChI is InChI=1S/C10H12N4O2S/c11-5-7(6-2-1-3-16-6)17-10-13-8(12)4-9(15)14-10/h1-4,7H,5,11H2,(H3,12,13,14,15). The molecular weight excluding hydrogens is 240 g/mol. The molecule has 7 heteroatoms. The molecule has 17 heavy (non-hydrogen) atoms. The first-order valence-electron chi connectivity index (χ1n) is 4.96. The lowest BCUT2D eigenvalue weighted by atomic mass is 10.3. The number of thioether (sulfide) groups is 1. The average Bonchev–Trinajstić information content (AvgIpc) is 2.77. The van der Waals surface area contributed by atoms with E-state index >= 15 is 0 Å². The van der Waals surface area contributed by atoms with Crippen LogP contribution < -0.4 is 17.0 Å². The Balaban J connectivity index is 2.21. The number of H-pyrrole nitrogens is 1. The maximum Gasteiger partial charge on any atom is 0.253 e. The SMILES string of the molecule is NCC(Sc1nc(N)cc(=O)[nH]1)c1ccco1. The number of aromatic nitrogens is 2. The monoisotopic (exact) mass is 252 g/mol. The molecule has 5 N–H and O–H groups in total. The number of furan rings is 1. The van der Waals surface area contributed by atoms with Gasteiger partial charge in [0.2, 0.25) is 0 Å². The summed E-state index contributed by atoms with van der Waals surface area (Å²) in [5.41, 5.74) is 10.9. The van der Waals surface area contributed by atoms with E-state index in [0.717, 1.165) is 5.76 Å². The van der Waals surface area contributed by atoms with E-state index in [9.17, 15) is 4.79 Å². The number of nitrogens with one attached hydrogen (secondary N) is 1. The van der Waals surface area contributed by atoms with Gasteiger partial charge in [0, 0.05) is 12.6 Å². The van der Waals surface area contributed by atoms with Crippen LogP contribution in [0.1, 0.15) is 11.0 Å². The smallest absolute Gasteiger partial charge is 0.253 e. The third kappa shape index (κ3) is 2.89. The first-order chi connectivity index (χ1) is 8.19. The summed E-state index contributed by atoms with van der Waals surface area (Å²) >= 11 is 1.31.